The number of anilines is 1. The van der Waals surface area contributed by atoms with E-state index >= 15 is 0 Å². The fourth-order valence-electron chi connectivity index (χ4n) is 1.89. The van der Waals surface area contributed by atoms with Crippen molar-refractivity contribution in [3.05, 3.63) is 29.8 Å². The van der Waals surface area contributed by atoms with Gasteiger partial charge in [0.25, 0.3) is 0 Å². The highest BCUT2D eigenvalue weighted by Crippen LogP contribution is 2.16. The third-order valence-corrected chi connectivity index (χ3v) is 2.67. The van der Waals surface area contributed by atoms with E-state index in [-0.39, 0.29) is 18.3 Å². The Balaban J connectivity index is 0.00000144. The first-order valence-electron chi connectivity index (χ1n) is 5.57. The first-order valence-corrected chi connectivity index (χ1v) is 5.57. The molecule has 0 spiro atoms. The van der Waals surface area contributed by atoms with E-state index in [1.807, 2.05) is 12.1 Å². The van der Waals surface area contributed by atoms with E-state index in [2.05, 4.69) is 28.1 Å². The summed E-state index contributed by atoms with van der Waals surface area (Å²) in [5, 5.41) is 9.55. The number of halogens is 1. The summed E-state index contributed by atoms with van der Waals surface area (Å²) >= 11 is 0. The van der Waals surface area contributed by atoms with Crippen LogP contribution in [-0.2, 0) is 4.79 Å². The fourth-order valence-corrected chi connectivity index (χ4v) is 1.89. The van der Waals surface area contributed by atoms with Gasteiger partial charge in [0.2, 0.25) is 5.91 Å². The van der Waals surface area contributed by atoms with Crippen LogP contribution in [0.2, 0.25) is 0 Å². The summed E-state index contributed by atoms with van der Waals surface area (Å²) in [6.07, 6.45) is 0. The standard InChI is InChI=1S/C12H17N3O.ClH/c1-9(16)15-11-4-2-10(3-5-11)12-8-13-6-7-14-12;/h2-5,12-14H,6-8H2,1H3,(H,15,16);1H/t12-;/m0./s1. The molecular formula is C12H18ClN3O. The molecule has 0 bridgehead atoms. The maximum absolute atomic E-state index is 10.9. The van der Waals surface area contributed by atoms with E-state index in [1.54, 1.807) is 0 Å². The Bertz CT molecular complexity index is 361. The summed E-state index contributed by atoms with van der Waals surface area (Å²) in [5.41, 5.74) is 2.10. The van der Waals surface area contributed by atoms with Gasteiger partial charge >= 0.3 is 0 Å². The lowest BCUT2D eigenvalue weighted by Crippen LogP contribution is -2.42. The van der Waals surface area contributed by atoms with Gasteiger partial charge in [-0.25, -0.2) is 0 Å². The van der Waals surface area contributed by atoms with E-state index in [4.69, 9.17) is 0 Å². The molecule has 0 saturated carbocycles. The first kappa shape index (κ1) is 14.0. The van der Waals surface area contributed by atoms with E-state index in [9.17, 15) is 4.79 Å². The van der Waals surface area contributed by atoms with E-state index < -0.39 is 0 Å². The van der Waals surface area contributed by atoms with Crippen LogP contribution in [0.5, 0.6) is 0 Å². The number of hydrogen-bond acceptors (Lipinski definition) is 3. The number of hydrogen-bond donors (Lipinski definition) is 3. The van der Waals surface area contributed by atoms with Gasteiger partial charge < -0.3 is 16.0 Å². The van der Waals surface area contributed by atoms with Crippen LogP contribution >= 0.6 is 12.4 Å². The average Bonchev–Trinajstić information content (AvgIpc) is 2.30. The van der Waals surface area contributed by atoms with Gasteiger partial charge in [-0.05, 0) is 17.7 Å². The molecule has 1 aromatic carbocycles. The third-order valence-electron chi connectivity index (χ3n) is 2.67. The lowest BCUT2D eigenvalue weighted by atomic mass is 10.1. The Morgan fingerprint density at radius 2 is 2.00 bits per heavy atom. The minimum Gasteiger partial charge on any atom is -0.326 e. The molecule has 94 valence electrons. The third kappa shape index (κ3) is 4.00. The molecule has 17 heavy (non-hydrogen) atoms. The number of nitrogens with one attached hydrogen (secondary N) is 3. The molecule has 3 N–H and O–H groups in total. The second kappa shape index (κ2) is 6.59. The minimum atomic E-state index is -0.0368. The molecule has 5 heteroatoms. The highest BCUT2D eigenvalue weighted by Gasteiger charge is 2.13. The van der Waals surface area contributed by atoms with Crippen LogP contribution in [0.4, 0.5) is 5.69 Å². The summed E-state index contributed by atoms with van der Waals surface area (Å²) in [6.45, 7) is 4.50. The number of benzene rings is 1. The van der Waals surface area contributed by atoms with Crippen molar-refractivity contribution in [1.29, 1.82) is 0 Å². The number of amides is 1. The largest absolute Gasteiger partial charge is 0.326 e. The second-order valence-electron chi connectivity index (χ2n) is 4.01. The van der Waals surface area contributed by atoms with E-state index in [1.165, 1.54) is 12.5 Å². The predicted octanol–water partition coefficient (Wildman–Crippen LogP) is 1.30. The predicted molar refractivity (Wildman–Crippen MR) is 71.6 cm³/mol. The maximum atomic E-state index is 10.9. The molecule has 1 saturated heterocycles. The lowest BCUT2D eigenvalue weighted by Gasteiger charge is -2.24. The molecule has 1 aromatic rings. The van der Waals surface area contributed by atoms with Crippen molar-refractivity contribution >= 4 is 24.0 Å². The van der Waals surface area contributed by atoms with Crippen molar-refractivity contribution < 1.29 is 4.79 Å². The molecule has 0 aliphatic carbocycles. The van der Waals surface area contributed by atoms with Crippen LogP contribution in [0.3, 0.4) is 0 Å². The quantitative estimate of drug-likeness (QED) is 0.747. The number of piperazine rings is 1. The fraction of sp³-hybridized carbons (Fsp3) is 0.417. The summed E-state index contributed by atoms with van der Waals surface area (Å²) < 4.78 is 0. The van der Waals surface area contributed by atoms with Gasteiger partial charge in [-0.2, -0.15) is 0 Å². The van der Waals surface area contributed by atoms with Gasteiger partial charge in [-0.3, -0.25) is 4.79 Å². The Hall–Kier alpha value is -1.10. The zero-order chi connectivity index (χ0) is 11.4. The molecule has 0 aromatic heterocycles. The molecule has 1 amide bonds. The van der Waals surface area contributed by atoms with Crippen LogP contribution in [0.15, 0.2) is 24.3 Å². The van der Waals surface area contributed by atoms with Crippen molar-refractivity contribution in [1.82, 2.24) is 10.6 Å². The van der Waals surface area contributed by atoms with Crippen LogP contribution in [0.25, 0.3) is 0 Å². The van der Waals surface area contributed by atoms with Gasteiger partial charge in [-0.15, -0.1) is 12.4 Å². The highest BCUT2D eigenvalue weighted by atomic mass is 35.5. The molecule has 0 unspecified atom stereocenters. The van der Waals surface area contributed by atoms with Crippen LogP contribution in [-0.4, -0.2) is 25.5 Å². The van der Waals surface area contributed by atoms with Gasteiger partial charge in [-0.1, -0.05) is 12.1 Å². The summed E-state index contributed by atoms with van der Waals surface area (Å²) in [7, 11) is 0. The molecule has 1 aliphatic heterocycles. The SMILES string of the molecule is CC(=O)Nc1ccc([C@@H]2CNCCN2)cc1.Cl. The number of rotatable bonds is 2. The molecule has 1 fully saturated rings. The molecule has 2 rings (SSSR count). The second-order valence-corrected chi connectivity index (χ2v) is 4.01. The van der Waals surface area contributed by atoms with Gasteiger partial charge in [0.15, 0.2) is 0 Å². The van der Waals surface area contributed by atoms with E-state index in [0.717, 1.165) is 25.3 Å². The molecule has 4 nitrogen and oxygen atoms in total. The van der Waals surface area contributed by atoms with Gasteiger partial charge in [0.1, 0.15) is 0 Å². The van der Waals surface area contributed by atoms with Crippen molar-refractivity contribution in [3.8, 4) is 0 Å². The number of carbonyl (C=O) groups excluding carboxylic acids is 1. The normalized spacial score (nSPS) is 19.2. The summed E-state index contributed by atoms with van der Waals surface area (Å²) in [5.74, 6) is -0.0368. The van der Waals surface area contributed by atoms with Crippen molar-refractivity contribution in [2.75, 3.05) is 25.0 Å². The topological polar surface area (TPSA) is 53.2 Å². The highest BCUT2D eigenvalue weighted by molar-refractivity contribution is 5.88. The summed E-state index contributed by atoms with van der Waals surface area (Å²) in [4.78, 5) is 10.9. The Kier molecular flexibility index (Phi) is 5.41. The molecule has 1 heterocycles. The van der Waals surface area contributed by atoms with E-state index in [0.29, 0.717) is 6.04 Å². The smallest absolute Gasteiger partial charge is 0.221 e. The first-order chi connectivity index (χ1) is 7.75. The molecule has 1 aliphatic rings. The number of carbonyl (C=O) groups is 1. The zero-order valence-corrected chi connectivity index (χ0v) is 10.6. The Morgan fingerprint density at radius 3 is 2.53 bits per heavy atom. The molecule has 0 radical (unpaired) electrons. The zero-order valence-electron chi connectivity index (χ0n) is 9.82. The van der Waals surface area contributed by atoms with Crippen molar-refractivity contribution in [2.45, 2.75) is 13.0 Å². The lowest BCUT2D eigenvalue weighted by molar-refractivity contribution is -0.114. The Labute approximate surface area is 108 Å². The minimum absolute atomic E-state index is 0. The van der Waals surface area contributed by atoms with Crippen molar-refractivity contribution in [3.63, 3.8) is 0 Å². The average molecular weight is 256 g/mol. The van der Waals surface area contributed by atoms with Crippen LogP contribution in [0.1, 0.15) is 18.5 Å². The van der Waals surface area contributed by atoms with Gasteiger partial charge in [0.05, 0.1) is 0 Å². The molecule has 1 atom stereocenters. The monoisotopic (exact) mass is 255 g/mol. The Morgan fingerprint density at radius 1 is 1.29 bits per heavy atom. The van der Waals surface area contributed by atoms with Crippen molar-refractivity contribution in [2.24, 2.45) is 0 Å². The van der Waals surface area contributed by atoms with Gasteiger partial charge in [0, 0.05) is 38.3 Å². The summed E-state index contributed by atoms with van der Waals surface area (Å²) in [6, 6.07) is 8.35. The molecular weight excluding hydrogens is 238 g/mol. The maximum Gasteiger partial charge on any atom is 0.221 e. The van der Waals surface area contributed by atoms with Crippen LogP contribution in [0, 0.1) is 0 Å². The van der Waals surface area contributed by atoms with Crippen LogP contribution < -0.4 is 16.0 Å².